The maximum absolute atomic E-state index is 5.16. The van der Waals surface area contributed by atoms with E-state index in [1.807, 2.05) is 25.3 Å². The van der Waals surface area contributed by atoms with Crippen molar-refractivity contribution in [2.24, 2.45) is 0 Å². The fourth-order valence-corrected chi connectivity index (χ4v) is 2.51. The van der Waals surface area contributed by atoms with E-state index in [-0.39, 0.29) is 6.04 Å². The Kier molecular flexibility index (Phi) is 4.83. The standard InChI is InChI=1S/C15H20BrN3O/c1-10-8-19(14-7-5-6-13(16)12(14)3)15(17-10)18-11(2)9-20-4/h5-8,11H,9H2,1-4H3,(H,17,18). The highest BCUT2D eigenvalue weighted by molar-refractivity contribution is 9.10. The van der Waals surface area contributed by atoms with Gasteiger partial charge in [-0.1, -0.05) is 22.0 Å². The van der Waals surface area contributed by atoms with E-state index in [1.165, 1.54) is 5.56 Å². The van der Waals surface area contributed by atoms with E-state index < -0.39 is 0 Å². The molecule has 0 aliphatic rings. The number of aryl methyl sites for hydroxylation is 1. The van der Waals surface area contributed by atoms with E-state index in [2.05, 4.69) is 50.7 Å². The lowest BCUT2D eigenvalue weighted by Crippen LogP contribution is -2.23. The van der Waals surface area contributed by atoms with Gasteiger partial charge in [-0.25, -0.2) is 4.98 Å². The number of methoxy groups -OCH3 is 1. The lowest BCUT2D eigenvalue weighted by Gasteiger charge is -2.16. The van der Waals surface area contributed by atoms with Gasteiger partial charge in [0.05, 0.1) is 18.0 Å². The molecule has 0 saturated carbocycles. The summed E-state index contributed by atoms with van der Waals surface area (Å²) in [7, 11) is 1.70. The average molecular weight is 338 g/mol. The number of nitrogens with zero attached hydrogens (tertiary/aromatic N) is 2. The Labute approximate surface area is 128 Å². The van der Waals surface area contributed by atoms with Gasteiger partial charge >= 0.3 is 0 Å². The lowest BCUT2D eigenvalue weighted by molar-refractivity contribution is 0.190. The third-order valence-electron chi connectivity index (χ3n) is 3.12. The Morgan fingerprint density at radius 1 is 1.40 bits per heavy atom. The fraction of sp³-hybridized carbons (Fsp3) is 0.400. The van der Waals surface area contributed by atoms with Gasteiger partial charge in [0.25, 0.3) is 0 Å². The third kappa shape index (κ3) is 3.22. The number of hydrogen-bond acceptors (Lipinski definition) is 3. The summed E-state index contributed by atoms with van der Waals surface area (Å²) in [6.45, 7) is 6.81. The molecule has 2 aromatic rings. The summed E-state index contributed by atoms with van der Waals surface area (Å²) in [5.41, 5.74) is 3.29. The van der Waals surface area contributed by atoms with Gasteiger partial charge in [-0.2, -0.15) is 0 Å². The van der Waals surface area contributed by atoms with Crippen LogP contribution < -0.4 is 5.32 Å². The topological polar surface area (TPSA) is 39.1 Å². The monoisotopic (exact) mass is 337 g/mol. The van der Waals surface area contributed by atoms with Crippen molar-refractivity contribution in [3.05, 3.63) is 40.1 Å². The molecule has 108 valence electrons. The van der Waals surface area contributed by atoms with Crippen LogP contribution in [0.3, 0.4) is 0 Å². The number of imidazole rings is 1. The van der Waals surface area contributed by atoms with Gasteiger partial charge in [0.15, 0.2) is 0 Å². The average Bonchev–Trinajstić information content (AvgIpc) is 2.74. The maximum atomic E-state index is 5.16. The molecule has 0 saturated heterocycles. The van der Waals surface area contributed by atoms with Crippen LogP contribution in [0.15, 0.2) is 28.9 Å². The highest BCUT2D eigenvalue weighted by atomic mass is 79.9. The second-order valence-corrected chi connectivity index (χ2v) is 5.81. The second-order valence-electron chi connectivity index (χ2n) is 4.96. The Morgan fingerprint density at radius 3 is 2.85 bits per heavy atom. The molecule has 1 aromatic heterocycles. The first-order valence-electron chi connectivity index (χ1n) is 6.60. The zero-order valence-corrected chi connectivity index (χ0v) is 13.9. The van der Waals surface area contributed by atoms with E-state index in [0.29, 0.717) is 6.61 Å². The Hall–Kier alpha value is -1.33. The summed E-state index contributed by atoms with van der Waals surface area (Å²) < 4.78 is 8.34. The molecule has 0 spiro atoms. The van der Waals surface area contributed by atoms with Gasteiger partial charge < -0.3 is 10.1 Å². The first-order chi connectivity index (χ1) is 9.52. The van der Waals surface area contributed by atoms with Gasteiger partial charge in [-0.05, 0) is 38.5 Å². The minimum absolute atomic E-state index is 0.202. The summed E-state index contributed by atoms with van der Waals surface area (Å²) in [6.07, 6.45) is 2.04. The Bertz CT molecular complexity index is 595. The van der Waals surface area contributed by atoms with Crippen LogP contribution in [0, 0.1) is 13.8 Å². The molecule has 4 nitrogen and oxygen atoms in total. The molecule has 5 heteroatoms. The van der Waals surface area contributed by atoms with Crippen LogP contribution in [0.4, 0.5) is 5.95 Å². The van der Waals surface area contributed by atoms with E-state index >= 15 is 0 Å². The third-order valence-corrected chi connectivity index (χ3v) is 3.98. The predicted octanol–water partition coefficient (Wildman–Crippen LogP) is 3.70. The van der Waals surface area contributed by atoms with Crippen LogP contribution >= 0.6 is 15.9 Å². The maximum Gasteiger partial charge on any atom is 0.208 e. The summed E-state index contributed by atoms with van der Waals surface area (Å²) in [5, 5.41) is 3.39. The molecule has 0 amide bonds. The van der Waals surface area contributed by atoms with Crippen molar-refractivity contribution >= 4 is 21.9 Å². The van der Waals surface area contributed by atoms with Crippen molar-refractivity contribution in [3.63, 3.8) is 0 Å². The molecule has 1 aromatic carbocycles. The predicted molar refractivity (Wildman–Crippen MR) is 85.7 cm³/mol. The number of nitrogens with one attached hydrogen (secondary N) is 1. The van der Waals surface area contributed by atoms with Crippen LogP contribution in [0.1, 0.15) is 18.2 Å². The van der Waals surface area contributed by atoms with E-state index in [4.69, 9.17) is 4.74 Å². The SMILES string of the molecule is COCC(C)Nc1nc(C)cn1-c1cccc(Br)c1C. The number of aromatic nitrogens is 2. The van der Waals surface area contributed by atoms with Crippen molar-refractivity contribution in [3.8, 4) is 5.69 Å². The fourth-order valence-electron chi connectivity index (χ4n) is 2.15. The molecule has 0 aliphatic carbocycles. The summed E-state index contributed by atoms with van der Waals surface area (Å²) in [6, 6.07) is 6.37. The van der Waals surface area contributed by atoms with Crippen LogP contribution in [-0.4, -0.2) is 29.3 Å². The number of rotatable bonds is 5. The molecule has 0 fully saturated rings. The molecule has 0 radical (unpaired) electrons. The highest BCUT2D eigenvalue weighted by Gasteiger charge is 2.12. The molecule has 0 bridgehead atoms. The molecule has 1 N–H and O–H groups in total. The second kappa shape index (κ2) is 6.41. The largest absolute Gasteiger partial charge is 0.383 e. The number of anilines is 1. The van der Waals surface area contributed by atoms with Crippen LogP contribution in [-0.2, 0) is 4.74 Å². The number of hydrogen-bond donors (Lipinski definition) is 1. The van der Waals surface area contributed by atoms with Crippen LogP contribution in [0.2, 0.25) is 0 Å². The van der Waals surface area contributed by atoms with E-state index in [0.717, 1.165) is 21.8 Å². The smallest absolute Gasteiger partial charge is 0.208 e. The summed E-state index contributed by atoms with van der Waals surface area (Å²) in [5.74, 6) is 0.841. The van der Waals surface area contributed by atoms with Gasteiger partial charge in [0.1, 0.15) is 0 Å². The molecule has 2 rings (SSSR count). The minimum atomic E-state index is 0.202. The summed E-state index contributed by atoms with van der Waals surface area (Å²) >= 11 is 3.58. The molecule has 1 atom stereocenters. The molecular formula is C15H20BrN3O. The Morgan fingerprint density at radius 2 is 2.15 bits per heavy atom. The zero-order valence-electron chi connectivity index (χ0n) is 12.3. The molecule has 1 heterocycles. The highest BCUT2D eigenvalue weighted by Crippen LogP contribution is 2.25. The van der Waals surface area contributed by atoms with Crippen LogP contribution in [0.25, 0.3) is 5.69 Å². The molecule has 20 heavy (non-hydrogen) atoms. The first kappa shape index (κ1) is 15.1. The van der Waals surface area contributed by atoms with Crippen molar-refractivity contribution in [2.45, 2.75) is 26.8 Å². The molecule has 0 aliphatic heterocycles. The van der Waals surface area contributed by atoms with Crippen molar-refractivity contribution < 1.29 is 4.74 Å². The van der Waals surface area contributed by atoms with Crippen molar-refractivity contribution in [1.82, 2.24) is 9.55 Å². The van der Waals surface area contributed by atoms with Crippen molar-refractivity contribution in [2.75, 3.05) is 19.0 Å². The Balaban J connectivity index is 2.39. The summed E-state index contributed by atoms with van der Waals surface area (Å²) in [4.78, 5) is 4.56. The molecular weight excluding hydrogens is 318 g/mol. The van der Waals surface area contributed by atoms with Gasteiger partial charge in [0, 0.05) is 23.8 Å². The number of ether oxygens (including phenoxy) is 1. The number of benzene rings is 1. The quantitative estimate of drug-likeness (QED) is 0.904. The minimum Gasteiger partial charge on any atom is -0.383 e. The first-order valence-corrected chi connectivity index (χ1v) is 7.39. The zero-order chi connectivity index (χ0) is 14.7. The van der Waals surface area contributed by atoms with Gasteiger partial charge in [-0.3, -0.25) is 4.57 Å². The lowest BCUT2D eigenvalue weighted by atomic mass is 10.2. The number of halogens is 1. The van der Waals surface area contributed by atoms with Gasteiger partial charge in [-0.15, -0.1) is 0 Å². The van der Waals surface area contributed by atoms with E-state index in [9.17, 15) is 0 Å². The normalized spacial score (nSPS) is 12.4. The van der Waals surface area contributed by atoms with Crippen LogP contribution in [0.5, 0.6) is 0 Å². The molecule has 1 unspecified atom stereocenters. The van der Waals surface area contributed by atoms with Crippen molar-refractivity contribution in [1.29, 1.82) is 0 Å². The van der Waals surface area contributed by atoms with Gasteiger partial charge in [0.2, 0.25) is 5.95 Å². The van der Waals surface area contributed by atoms with E-state index in [1.54, 1.807) is 7.11 Å².